The number of hydrogen-bond acceptors (Lipinski definition) is 6. The Morgan fingerprint density at radius 1 is 1.00 bits per heavy atom. The van der Waals surface area contributed by atoms with E-state index in [0.717, 1.165) is 22.5 Å². The van der Waals surface area contributed by atoms with Gasteiger partial charge in [-0.15, -0.1) is 0 Å². The Morgan fingerprint density at radius 3 is 2.38 bits per heavy atom. The highest BCUT2D eigenvalue weighted by Gasteiger charge is 2.08. The predicted molar refractivity (Wildman–Crippen MR) is 95.3 cm³/mol. The van der Waals surface area contributed by atoms with Gasteiger partial charge in [0.25, 0.3) is 0 Å². The Bertz CT molecular complexity index is 832. The van der Waals surface area contributed by atoms with Crippen molar-refractivity contribution in [2.75, 3.05) is 18.2 Å². The lowest BCUT2D eigenvalue weighted by Gasteiger charge is -2.09. The molecule has 3 rings (SSSR count). The third kappa shape index (κ3) is 3.67. The van der Waals surface area contributed by atoms with Crippen LogP contribution in [0.5, 0.6) is 0 Å². The molecule has 0 radical (unpaired) electrons. The third-order valence-corrected chi connectivity index (χ3v) is 3.35. The number of nitrogen functional groups attached to an aromatic ring is 1. The van der Waals surface area contributed by atoms with Crippen LogP contribution in [0.25, 0.3) is 0 Å². The molecule has 0 amide bonds. The molecule has 0 saturated heterocycles. The van der Waals surface area contributed by atoms with Gasteiger partial charge in [0, 0.05) is 22.9 Å². The van der Waals surface area contributed by atoms with Crippen molar-refractivity contribution in [3.05, 3.63) is 78.1 Å². The van der Waals surface area contributed by atoms with Crippen molar-refractivity contribution in [2.45, 2.75) is 0 Å². The van der Waals surface area contributed by atoms with Gasteiger partial charge in [-0.1, -0.05) is 47.6 Å². The highest BCUT2D eigenvalue weighted by Crippen LogP contribution is 2.18. The molecule has 120 valence electrons. The maximum atomic E-state index is 5.65. The number of nitrogens with two attached hydrogens (primary N) is 1. The number of anilines is 3. The fourth-order valence-electron chi connectivity index (χ4n) is 2.26. The SMILES string of the molecule is CON=C(c1ccccc1)c1ccc(Nc2cc(N)ncn2)cc1. The molecule has 1 heterocycles. The minimum Gasteiger partial charge on any atom is -0.399 e. The first kappa shape index (κ1) is 15.5. The summed E-state index contributed by atoms with van der Waals surface area (Å²) in [6.07, 6.45) is 1.42. The second kappa shape index (κ2) is 7.23. The summed E-state index contributed by atoms with van der Waals surface area (Å²) in [7, 11) is 1.54. The summed E-state index contributed by atoms with van der Waals surface area (Å²) in [5, 5.41) is 7.33. The highest BCUT2D eigenvalue weighted by atomic mass is 16.6. The van der Waals surface area contributed by atoms with Gasteiger partial charge in [-0.2, -0.15) is 0 Å². The van der Waals surface area contributed by atoms with Gasteiger partial charge < -0.3 is 15.9 Å². The highest BCUT2D eigenvalue weighted by molar-refractivity contribution is 6.12. The molecule has 0 aliphatic rings. The van der Waals surface area contributed by atoms with Crippen LogP contribution in [0.1, 0.15) is 11.1 Å². The number of aromatic nitrogens is 2. The lowest BCUT2D eigenvalue weighted by atomic mass is 10.0. The fourth-order valence-corrected chi connectivity index (χ4v) is 2.26. The first-order valence-corrected chi connectivity index (χ1v) is 7.38. The third-order valence-electron chi connectivity index (χ3n) is 3.35. The van der Waals surface area contributed by atoms with E-state index in [-0.39, 0.29) is 0 Å². The summed E-state index contributed by atoms with van der Waals surface area (Å²) >= 11 is 0. The molecule has 1 aromatic heterocycles. The van der Waals surface area contributed by atoms with E-state index < -0.39 is 0 Å². The molecule has 0 aliphatic heterocycles. The summed E-state index contributed by atoms with van der Waals surface area (Å²) in [5.41, 5.74) is 9.26. The lowest BCUT2D eigenvalue weighted by Crippen LogP contribution is -2.04. The van der Waals surface area contributed by atoms with Gasteiger partial charge in [0.2, 0.25) is 0 Å². The molecule has 0 saturated carbocycles. The molecule has 24 heavy (non-hydrogen) atoms. The van der Waals surface area contributed by atoms with Gasteiger partial charge in [0.1, 0.15) is 30.8 Å². The minimum atomic E-state index is 0.419. The minimum absolute atomic E-state index is 0.419. The Balaban J connectivity index is 1.84. The van der Waals surface area contributed by atoms with Gasteiger partial charge in [-0.3, -0.25) is 0 Å². The fraction of sp³-hybridized carbons (Fsp3) is 0.0556. The zero-order valence-corrected chi connectivity index (χ0v) is 13.2. The van der Waals surface area contributed by atoms with E-state index in [2.05, 4.69) is 20.4 Å². The van der Waals surface area contributed by atoms with Crippen molar-refractivity contribution in [3.8, 4) is 0 Å². The van der Waals surface area contributed by atoms with E-state index >= 15 is 0 Å². The lowest BCUT2D eigenvalue weighted by molar-refractivity contribution is 0.214. The quantitative estimate of drug-likeness (QED) is 0.557. The van der Waals surface area contributed by atoms with Crippen LogP contribution in [0.4, 0.5) is 17.3 Å². The average molecular weight is 319 g/mol. The average Bonchev–Trinajstić information content (AvgIpc) is 2.61. The summed E-state index contributed by atoms with van der Waals surface area (Å²) in [5.74, 6) is 1.06. The summed E-state index contributed by atoms with van der Waals surface area (Å²) in [6, 6.07) is 19.4. The van der Waals surface area contributed by atoms with Crippen LogP contribution in [0.15, 0.2) is 72.1 Å². The maximum absolute atomic E-state index is 5.65. The summed E-state index contributed by atoms with van der Waals surface area (Å²) in [4.78, 5) is 13.0. The van der Waals surface area contributed by atoms with Crippen LogP contribution in [0.2, 0.25) is 0 Å². The molecule has 2 aromatic carbocycles. The molecule has 3 N–H and O–H groups in total. The van der Waals surface area contributed by atoms with Gasteiger partial charge in [0.15, 0.2) is 0 Å². The Labute approximate surface area is 140 Å². The monoisotopic (exact) mass is 319 g/mol. The van der Waals surface area contributed by atoms with Gasteiger partial charge in [-0.05, 0) is 12.1 Å². The Kier molecular flexibility index (Phi) is 4.67. The molecule has 3 aromatic rings. The molecule has 0 aliphatic carbocycles. The zero-order valence-electron chi connectivity index (χ0n) is 13.2. The molecular formula is C18H17N5O. The first-order valence-electron chi connectivity index (χ1n) is 7.38. The van der Waals surface area contributed by atoms with Crippen molar-refractivity contribution >= 4 is 23.0 Å². The van der Waals surface area contributed by atoms with E-state index in [1.54, 1.807) is 13.2 Å². The smallest absolute Gasteiger partial charge is 0.135 e. The standard InChI is InChI=1S/C18H17N5O/c1-24-23-18(13-5-3-2-4-6-13)14-7-9-15(10-8-14)22-17-11-16(19)20-12-21-17/h2-12H,1H3,(H3,19,20,21,22). The van der Waals surface area contributed by atoms with Crippen molar-refractivity contribution in [3.63, 3.8) is 0 Å². The molecule has 6 heteroatoms. The van der Waals surface area contributed by atoms with Crippen LogP contribution in [-0.2, 0) is 4.84 Å². The van der Waals surface area contributed by atoms with Gasteiger partial charge >= 0.3 is 0 Å². The van der Waals surface area contributed by atoms with Gasteiger partial charge in [0.05, 0.1) is 0 Å². The zero-order chi connectivity index (χ0) is 16.8. The molecule has 0 spiro atoms. The molecule has 0 bridgehead atoms. The molecular weight excluding hydrogens is 302 g/mol. The van der Waals surface area contributed by atoms with Gasteiger partial charge in [-0.25, -0.2) is 9.97 Å². The number of nitrogens with one attached hydrogen (secondary N) is 1. The second-order valence-electron chi connectivity index (χ2n) is 5.02. The number of rotatable bonds is 5. The molecule has 0 atom stereocenters. The van der Waals surface area contributed by atoms with E-state index in [1.807, 2.05) is 54.6 Å². The summed E-state index contributed by atoms with van der Waals surface area (Å²) < 4.78 is 0. The van der Waals surface area contributed by atoms with Crippen molar-refractivity contribution in [1.29, 1.82) is 0 Å². The van der Waals surface area contributed by atoms with Crippen molar-refractivity contribution in [2.24, 2.45) is 5.16 Å². The van der Waals surface area contributed by atoms with E-state index in [0.29, 0.717) is 11.6 Å². The van der Waals surface area contributed by atoms with Crippen LogP contribution in [0, 0.1) is 0 Å². The number of hydrogen-bond donors (Lipinski definition) is 2. The second-order valence-corrected chi connectivity index (χ2v) is 5.02. The molecule has 0 fully saturated rings. The molecule has 6 nitrogen and oxygen atoms in total. The Hall–Kier alpha value is -3.41. The topological polar surface area (TPSA) is 85.4 Å². The first-order chi connectivity index (χ1) is 11.8. The van der Waals surface area contributed by atoms with Crippen LogP contribution in [0.3, 0.4) is 0 Å². The van der Waals surface area contributed by atoms with E-state index in [9.17, 15) is 0 Å². The number of oxime groups is 1. The number of nitrogens with zero attached hydrogens (tertiary/aromatic N) is 3. The van der Waals surface area contributed by atoms with E-state index in [1.165, 1.54) is 6.33 Å². The van der Waals surface area contributed by atoms with Crippen molar-refractivity contribution in [1.82, 2.24) is 9.97 Å². The summed E-state index contributed by atoms with van der Waals surface area (Å²) in [6.45, 7) is 0. The largest absolute Gasteiger partial charge is 0.399 e. The normalized spacial score (nSPS) is 11.1. The van der Waals surface area contributed by atoms with Crippen molar-refractivity contribution < 1.29 is 4.84 Å². The van der Waals surface area contributed by atoms with E-state index in [4.69, 9.17) is 10.6 Å². The maximum Gasteiger partial charge on any atom is 0.135 e. The Morgan fingerprint density at radius 2 is 1.71 bits per heavy atom. The van der Waals surface area contributed by atoms with Crippen LogP contribution in [-0.4, -0.2) is 22.8 Å². The van der Waals surface area contributed by atoms with Crippen LogP contribution >= 0.6 is 0 Å². The van der Waals surface area contributed by atoms with Crippen LogP contribution < -0.4 is 11.1 Å². The molecule has 0 unspecified atom stereocenters. The number of benzene rings is 2. The predicted octanol–water partition coefficient (Wildman–Crippen LogP) is 3.20.